The third-order valence-electron chi connectivity index (χ3n) is 2.37. The Labute approximate surface area is 87.8 Å². The zero-order valence-electron chi connectivity index (χ0n) is 8.79. The molecule has 0 aromatic carbocycles. The van der Waals surface area contributed by atoms with Gasteiger partial charge in [-0.05, 0) is 20.4 Å². The van der Waals surface area contributed by atoms with Crippen LogP contribution >= 0.6 is 11.3 Å². The van der Waals surface area contributed by atoms with Crippen molar-refractivity contribution in [2.24, 2.45) is 0 Å². The summed E-state index contributed by atoms with van der Waals surface area (Å²) < 4.78 is 2.24. The molecule has 1 N–H and O–H groups in total. The van der Waals surface area contributed by atoms with Gasteiger partial charge in [0.05, 0.1) is 11.4 Å². The monoisotopic (exact) mass is 209 g/mol. The molecule has 14 heavy (non-hydrogen) atoms. The van der Waals surface area contributed by atoms with Crippen molar-refractivity contribution < 1.29 is 0 Å². The Morgan fingerprint density at radius 3 is 3.00 bits per heavy atom. The molecule has 0 aliphatic heterocycles. The fraction of sp³-hybridized carbons (Fsp3) is 0.500. The summed E-state index contributed by atoms with van der Waals surface area (Å²) in [6, 6.07) is 0. The summed E-state index contributed by atoms with van der Waals surface area (Å²) in [6.45, 7) is 8.22. The molecule has 0 amide bonds. The highest BCUT2D eigenvalue weighted by molar-refractivity contribution is 7.15. The maximum Gasteiger partial charge on any atom is 0.194 e. The average molecular weight is 209 g/mol. The van der Waals surface area contributed by atoms with Gasteiger partial charge in [-0.25, -0.2) is 4.98 Å². The van der Waals surface area contributed by atoms with Crippen molar-refractivity contribution in [3.05, 3.63) is 22.5 Å². The molecular formula is C10H15N3S. The van der Waals surface area contributed by atoms with Gasteiger partial charge >= 0.3 is 0 Å². The standard InChI is InChI=1S/C10H15N3S/c1-4-11-5-9-8(3)12-10-13(9)7(2)6-14-10/h6,11H,4-5H2,1-3H3. The van der Waals surface area contributed by atoms with Crippen LogP contribution < -0.4 is 5.32 Å². The summed E-state index contributed by atoms with van der Waals surface area (Å²) in [6.07, 6.45) is 0. The number of imidazole rings is 1. The number of aromatic nitrogens is 2. The van der Waals surface area contributed by atoms with E-state index in [-0.39, 0.29) is 0 Å². The van der Waals surface area contributed by atoms with Crippen LogP contribution in [0.4, 0.5) is 0 Å². The maximum atomic E-state index is 4.53. The van der Waals surface area contributed by atoms with Gasteiger partial charge in [-0.1, -0.05) is 6.92 Å². The van der Waals surface area contributed by atoms with Crippen molar-refractivity contribution in [1.29, 1.82) is 0 Å². The average Bonchev–Trinajstić information content (AvgIpc) is 2.64. The Bertz CT molecular complexity index is 441. The molecule has 2 aromatic heterocycles. The van der Waals surface area contributed by atoms with Crippen LogP contribution in [-0.2, 0) is 6.54 Å². The van der Waals surface area contributed by atoms with Crippen LogP contribution in [0.15, 0.2) is 5.38 Å². The Hall–Kier alpha value is -0.870. The quantitative estimate of drug-likeness (QED) is 0.839. The van der Waals surface area contributed by atoms with Gasteiger partial charge < -0.3 is 5.32 Å². The molecule has 4 heteroatoms. The van der Waals surface area contributed by atoms with Gasteiger partial charge in [0.2, 0.25) is 0 Å². The van der Waals surface area contributed by atoms with Crippen molar-refractivity contribution in [3.63, 3.8) is 0 Å². The first-order valence-electron chi connectivity index (χ1n) is 4.86. The summed E-state index contributed by atoms with van der Waals surface area (Å²) in [5.41, 5.74) is 3.71. The second-order valence-corrected chi connectivity index (χ2v) is 4.26. The molecule has 0 aliphatic carbocycles. The molecule has 0 fully saturated rings. The zero-order valence-corrected chi connectivity index (χ0v) is 9.61. The molecule has 0 spiro atoms. The van der Waals surface area contributed by atoms with Gasteiger partial charge in [-0.3, -0.25) is 4.40 Å². The molecule has 76 valence electrons. The topological polar surface area (TPSA) is 29.3 Å². The van der Waals surface area contributed by atoms with Gasteiger partial charge in [0.25, 0.3) is 0 Å². The Kier molecular flexibility index (Phi) is 2.56. The molecule has 3 nitrogen and oxygen atoms in total. The third kappa shape index (κ3) is 1.44. The lowest BCUT2D eigenvalue weighted by molar-refractivity contribution is 0.700. The summed E-state index contributed by atoms with van der Waals surface area (Å²) >= 11 is 1.71. The van der Waals surface area contributed by atoms with Crippen LogP contribution in [0.1, 0.15) is 24.0 Å². The molecule has 2 rings (SSSR count). The first kappa shape index (κ1) is 9.68. The summed E-state index contributed by atoms with van der Waals surface area (Å²) in [5.74, 6) is 0. The molecule has 0 unspecified atom stereocenters. The minimum absolute atomic E-state index is 0.904. The second-order valence-electron chi connectivity index (χ2n) is 3.42. The van der Waals surface area contributed by atoms with E-state index < -0.39 is 0 Å². The Morgan fingerprint density at radius 1 is 1.50 bits per heavy atom. The van der Waals surface area contributed by atoms with Crippen molar-refractivity contribution in [2.45, 2.75) is 27.3 Å². The van der Waals surface area contributed by atoms with E-state index >= 15 is 0 Å². The number of hydrogen-bond donors (Lipinski definition) is 1. The highest BCUT2D eigenvalue weighted by Crippen LogP contribution is 2.20. The van der Waals surface area contributed by atoms with Gasteiger partial charge in [0, 0.05) is 17.6 Å². The number of nitrogens with one attached hydrogen (secondary N) is 1. The van der Waals surface area contributed by atoms with Crippen molar-refractivity contribution >= 4 is 16.3 Å². The van der Waals surface area contributed by atoms with E-state index in [1.54, 1.807) is 11.3 Å². The highest BCUT2D eigenvalue weighted by Gasteiger charge is 2.10. The lowest BCUT2D eigenvalue weighted by Crippen LogP contribution is -2.14. The summed E-state index contributed by atoms with van der Waals surface area (Å²) in [7, 11) is 0. The van der Waals surface area contributed by atoms with Crippen molar-refractivity contribution in [2.75, 3.05) is 6.54 Å². The Balaban J connectivity index is 2.48. The van der Waals surface area contributed by atoms with E-state index in [0.717, 1.165) is 23.7 Å². The summed E-state index contributed by atoms with van der Waals surface area (Å²) in [5, 5.41) is 5.49. The lowest BCUT2D eigenvalue weighted by Gasteiger charge is -2.02. The van der Waals surface area contributed by atoms with E-state index in [1.165, 1.54) is 11.4 Å². The number of aryl methyl sites for hydroxylation is 2. The smallest absolute Gasteiger partial charge is 0.194 e. The predicted octanol–water partition coefficient (Wildman–Crippen LogP) is 2.12. The molecule has 0 bridgehead atoms. The van der Waals surface area contributed by atoms with Crippen LogP contribution in [0.2, 0.25) is 0 Å². The number of nitrogens with zero attached hydrogens (tertiary/aromatic N) is 2. The number of thiazole rings is 1. The SMILES string of the molecule is CCNCc1c(C)nc2scc(C)n12. The first-order chi connectivity index (χ1) is 6.74. The molecule has 0 saturated carbocycles. The van der Waals surface area contributed by atoms with E-state index in [2.05, 4.69) is 40.9 Å². The van der Waals surface area contributed by atoms with E-state index in [4.69, 9.17) is 0 Å². The van der Waals surface area contributed by atoms with Gasteiger partial charge in [-0.2, -0.15) is 0 Å². The van der Waals surface area contributed by atoms with Gasteiger partial charge in [0.1, 0.15) is 0 Å². The fourth-order valence-corrected chi connectivity index (χ4v) is 2.55. The van der Waals surface area contributed by atoms with Crippen molar-refractivity contribution in [3.8, 4) is 0 Å². The van der Waals surface area contributed by atoms with Crippen LogP contribution in [-0.4, -0.2) is 15.9 Å². The van der Waals surface area contributed by atoms with E-state index in [9.17, 15) is 0 Å². The van der Waals surface area contributed by atoms with Crippen LogP contribution in [0.3, 0.4) is 0 Å². The minimum atomic E-state index is 0.904. The molecule has 0 atom stereocenters. The van der Waals surface area contributed by atoms with E-state index in [1.807, 2.05) is 0 Å². The molecule has 0 saturated heterocycles. The van der Waals surface area contributed by atoms with Gasteiger partial charge in [0.15, 0.2) is 4.96 Å². The van der Waals surface area contributed by atoms with Gasteiger partial charge in [-0.15, -0.1) is 11.3 Å². The third-order valence-corrected chi connectivity index (χ3v) is 3.32. The lowest BCUT2D eigenvalue weighted by atomic mass is 10.3. The number of fused-ring (bicyclic) bond motifs is 1. The first-order valence-corrected chi connectivity index (χ1v) is 5.74. The van der Waals surface area contributed by atoms with Crippen molar-refractivity contribution in [1.82, 2.24) is 14.7 Å². The Morgan fingerprint density at radius 2 is 2.29 bits per heavy atom. The molecule has 2 heterocycles. The summed E-state index contributed by atoms with van der Waals surface area (Å²) in [4.78, 5) is 5.63. The number of rotatable bonds is 3. The second kappa shape index (κ2) is 3.71. The highest BCUT2D eigenvalue weighted by atomic mass is 32.1. The fourth-order valence-electron chi connectivity index (χ4n) is 1.62. The van der Waals surface area contributed by atoms with Crippen LogP contribution in [0, 0.1) is 13.8 Å². The molecule has 0 radical (unpaired) electrons. The largest absolute Gasteiger partial charge is 0.311 e. The predicted molar refractivity (Wildman–Crippen MR) is 59.9 cm³/mol. The zero-order chi connectivity index (χ0) is 10.1. The van der Waals surface area contributed by atoms with E-state index in [0.29, 0.717) is 0 Å². The maximum absolute atomic E-state index is 4.53. The number of hydrogen-bond acceptors (Lipinski definition) is 3. The molecule has 2 aromatic rings. The normalized spacial score (nSPS) is 11.4. The molecule has 0 aliphatic rings. The molecular weight excluding hydrogens is 194 g/mol. The van der Waals surface area contributed by atoms with Crippen LogP contribution in [0.25, 0.3) is 4.96 Å². The van der Waals surface area contributed by atoms with Crippen LogP contribution in [0.5, 0.6) is 0 Å². The minimum Gasteiger partial charge on any atom is -0.311 e.